The Kier molecular flexibility index (Phi) is 5.05. The van der Waals surface area contributed by atoms with Crippen LogP contribution in [0.25, 0.3) is 0 Å². The Morgan fingerprint density at radius 2 is 1.62 bits per heavy atom. The minimum Gasteiger partial charge on any atom is -0.495 e. The molecule has 0 saturated heterocycles. The summed E-state index contributed by atoms with van der Waals surface area (Å²) >= 11 is 6.00. The minimum absolute atomic E-state index is 0.0632. The molecule has 24 heavy (non-hydrogen) atoms. The maximum absolute atomic E-state index is 11.2. The maximum atomic E-state index is 11.2. The summed E-state index contributed by atoms with van der Waals surface area (Å²) in [5.74, 6) is 0.665. The van der Waals surface area contributed by atoms with Crippen molar-refractivity contribution in [3.8, 4) is 11.5 Å². The van der Waals surface area contributed by atoms with Gasteiger partial charge in [-0.2, -0.15) is 0 Å². The highest BCUT2D eigenvalue weighted by Gasteiger charge is 2.21. The third-order valence-corrected chi connectivity index (χ3v) is 3.43. The molecule has 0 heterocycles. The Balaban J connectivity index is 2.51. The fourth-order valence-electron chi connectivity index (χ4n) is 1.99. The number of non-ortho nitro benzene ring substituents is 1. The minimum atomic E-state index is -0.713. The fraction of sp³-hybridized carbons (Fsp3) is 0.143. The monoisotopic (exact) mass is 353 g/mol. The number of benzene rings is 2. The zero-order chi connectivity index (χ0) is 17.9. The lowest BCUT2D eigenvalue weighted by molar-refractivity contribution is -0.393. The molecule has 0 saturated carbocycles. The summed E-state index contributed by atoms with van der Waals surface area (Å²) in [7, 11) is 2.83. The van der Waals surface area contributed by atoms with Gasteiger partial charge in [0, 0.05) is 18.2 Å². The Hall–Kier alpha value is -3.07. The van der Waals surface area contributed by atoms with Crippen LogP contribution in [0.3, 0.4) is 0 Å². The molecule has 0 aliphatic carbocycles. The summed E-state index contributed by atoms with van der Waals surface area (Å²) < 4.78 is 10.3. The van der Waals surface area contributed by atoms with Crippen LogP contribution in [-0.2, 0) is 0 Å². The Morgan fingerprint density at radius 1 is 0.958 bits per heavy atom. The number of nitro benzene ring substituents is 2. The number of hydrogen-bond donors (Lipinski definition) is 1. The molecule has 0 aromatic heterocycles. The predicted octanol–water partition coefficient (Wildman–Crippen LogP) is 3.92. The van der Waals surface area contributed by atoms with E-state index in [9.17, 15) is 20.2 Å². The lowest BCUT2D eigenvalue weighted by Crippen LogP contribution is -2.01. The van der Waals surface area contributed by atoms with Crippen molar-refractivity contribution in [3.63, 3.8) is 0 Å². The molecular formula is C14H12ClN3O6. The standard InChI is InChI=1S/C14H12ClN3O6/c1-23-13-7-11(14(24-2)6-9(13)15)16-10-4-3-8(17(19)20)5-12(10)18(21)22/h3-7,16H,1-2H3. The smallest absolute Gasteiger partial charge is 0.299 e. The number of ether oxygens (including phenoxy) is 2. The van der Waals surface area contributed by atoms with E-state index in [1.165, 1.54) is 32.4 Å². The average Bonchev–Trinajstić information content (AvgIpc) is 2.55. The van der Waals surface area contributed by atoms with Crippen LogP contribution in [0, 0.1) is 20.2 Å². The van der Waals surface area contributed by atoms with Gasteiger partial charge in [-0.25, -0.2) is 0 Å². The van der Waals surface area contributed by atoms with Crippen molar-refractivity contribution in [1.29, 1.82) is 0 Å². The van der Waals surface area contributed by atoms with Crippen LogP contribution in [0.4, 0.5) is 22.7 Å². The molecule has 1 N–H and O–H groups in total. The van der Waals surface area contributed by atoms with E-state index in [2.05, 4.69) is 5.32 Å². The second kappa shape index (κ2) is 7.01. The van der Waals surface area contributed by atoms with Gasteiger partial charge in [-0.05, 0) is 6.07 Å². The van der Waals surface area contributed by atoms with Gasteiger partial charge in [-0.1, -0.05) is 11.6 Å². The van der Waals surface area contributed by atoms with Crippen molar-refractivity contribution >= 4 is 34.4 Å². The molecule has 9 nitrogen and oxygen atoms in total. The highest BCUT2D eigenvalue weighted by molar-refractivity contribution is 6.32. The second-order valence-corrected chi connectivity index (χ2v) is 4.93. The van der Waals surface area contributed by atoms with Crippen LogP contribution in [0.2, 0.25) is 5.02 Å². The molecule has 0 fully saturated rings. The van der Waals surface area contributed by atoms with Crippen LogP contribution in [0.15, 0.2) is 30.3 Å². The number of halogens is 1. The van der Waals surface area contributed by atoms with Crippen LogP contribution < -0.4 is 14.8 Å². The van der Waals surface area contributed by atoms with Crippen molar-refractivity contribution in [2.45, 2.75) is 0 Å². The fourth-order valence-corrected chi connectivity index (χ4v) is 2.22. The lowest BCUT2D eigenvalue weighted by Gasteiger charge is -2.14. The van der Waals surface area contributed by atoms with Crippen LogP contribution in [-0.4, -0.2) is 24.1 Å². The lowest BCUT2D eigenvalue weighted by atomic mass is 10.2. The molecule has 0 unspecified atom stereocenters. The normalized spacial score (nSPS) is 10.1. The first-order chi connectivity index (χ1) is 11.4. The summed E-state index contributed by atoms with van der Waals surface area (Å²) in [6.45, 7) is 0. The van der Waals surface area contributed by atoms with E-state index in [0.717, 1.165) is 12.1 Å². The van der Waals surface area contributed by atoms with Crippen LogP contribution >= 0.6 is 11.6 Å². The van der Waals surface area contributed by atoms with Crippen molar-refractivity contribution in [1.82, 2.24) is 0 Å². The van der Waals surface area contributed by atoms with Gasteiger partial charge in [0.15, 0.2) is 0 Å². The Morgan fingerprint density at radius 3 is 2.17 bits per heavy atom. The first-order valence-electron chi connectivity index (χ1n) is 6.48. The molecule has 0 aliphatic rings. The van der Waals surface area contributed by atoms with E-state index >= 15 is 0 Å². The van der Waals surface area contributed by atoms with Gasteiger partial charge in [-0.15, -0.1) is 0 Å². The van der Waals surface area contributed by atoms with Crippen molar-refractivity contribution < 1.29 is 19.3 Å². The molecule has 0 spiro atoms. The highest BCUT2D eigenvalue weighted by Crippen LogP contribution is 2.39. The molecule has 0 amide bonds. The average molecular weight is 354 g/mol. The van der Waals surface area contributed by atoms with E-state index in [0.29, 0.717) is 22.2 Å². The zero-order valence-corrected chi connectivity index (χ0v) is 13.4. The Labute approximate surface area is 141 Å². The molecule has 10 heteroatoms. The number of rotatable bonds is 6. The number of anilines is 2. The molecule has 2 aromatic rings. The van der Waals surface area contributed by atoms with Crippen molar-refractivity contribution in [3.05, 3.63) is 55.6 Å². The molecule has 0 aliphatic heterocycles. The summed E-state index contributed by atoms with van der Waals surface area (Å²) in [4.78, 5) is 20.5. The topological polar surface area (TPSA) is 117 Å². The first kappa shape index (κ1) is 17.3. The van der Waals surface area contributed by atoms with E-state index in [-0.39, 0.29) is 11.4 Å². The van der Waals surface area contributed by atoms with E-state index < -0.39 is 15.5 Å². The van der Waals surface area contributed by atoms with Crippen molar-refractivity contribution in [2.24, 2.45) is 0 Å². The van der Waals surface area contributed by atoms with Crippen molar-refractivity contribution in [2.75, 3.05) is 19.5 Å². The molecule has 2 aromatic carbocycles. The highest BCUT2D eigenvalue weighted by atomic mass is 35.5. The van der Waals surface area contributed by atoms with Gasteiger partial charge in [0.1, 0.15) is 17.2 Å². The number of nitrogens with one attached hydrogen (secondary N) is 1. The number of nitrogens with zero attached hydrogens (tertiary/aromatic N) is 2. The van der Waals surface area contributed by atoms with Crippen LogP contribution in [0.1, 0.15) is 0 Å². The summed E-state index contributed by atoms with van der Waals surface area (Å²) in [6.07, 6.45) is 0. The molecule has 0 radical (unpaired) electrons. The van der Waals surface area contributed by atoms with Gasteiger partial charge in [0.05, 0.1) is 40.8 Å². The summed E-state index contributed by atoms with van der Waals surface area (Å²) in [5, 5.41) is 25.1. The van der Waals surface area contributed by atoms with Gasteiger partial charge < -0.3 is 14.8 Å². The largest absolute Gasteiger partial charge is 0.495 e. The van der Waals surface area contributed by atoms with E-state index in [1.807, 2.05) is 0 Å². The number of nitro groups is 2. The number of methoxy groups -OCH3 is 2. The molecule has 126 valence electrons. The van der Waals surface area contributed by atoms with Crippen LogP contribution in [0.5, 0.6) is 11.5 Å². The predicted molar refractivity (Wildman–Crippen MR) is 87.6 cm³/mol. The molecular weight excluding hydrogens is 342 g/mol. The third kappa shape index (κ3) is 3.46. The molecule has 0 atom stereocenters. The molecule has 0 bridgehead atoms. The summed E-state index contributed by atoms with van der Waals surface area (Å²) in [5.41, 5.74) is -0.406. The molecule has 2 rings (SSSR count). The van der Waals surface area contributed by atoms with Gasteiger partial charge >= 0.3 is 0 Å². The second-order valence-electron chi connectivity index (χ2n) is 4.53. The van der Waals surface area contributed by atoms with E-state index in [1.54, 1.807) is 0 Å². The van der Waals surface area contributed by atoms with Gasteiger partial charge in [-0.3, -0.25) is 20.2 Å². The van der Waals surface area contributed by atoms with Gasteiger partial charge in [0.25, 0.3) is 11.4 Å². The summed E-state index contributed by atoms with van der Waals surface area (Å²) in [6, 6.07) is 6.28. The van der Waals surface area contributed by atoms with Gasteiger partial charge in [0.2, 0.25) is 0 Å². The third-order valence-electron chi connectivity index (χ3n) is 3.13. The zero-order valence-electron chi connectivity index (χ0n) is 12.6. The first-order valence-corrected chi connectivity index (χ1v) is 6.86. The SMILES string of the molecule is COc1cc(Nc2ccc([N+](=O)[O-])cc2[N+](=O)[O-])c(OC)cc1Cl. The quantitative estimate of drug-likeness (QED) is 0.617. The number of hydrogen-bond acceptors (Lipinski definition) is 7. The van der Waals surface area contributed by atoms with E-state index in [4.69, 9.17) is 21.1 Å². The Bertz CT molecular complexity index is 811. The maximum Gasteiger partial charge on any atom is 0.299 e.